The normalized spacial score (nSPS) is 21.3. The van der Waals surface area contributed by atoms with Crippen molar-refractivity contribution in [3.63, 3.8) is 0 Å². The minimum absolute atomic E-state index is 0.0180. The molecule has 1 rings (SSSR count). The lowest BCUT2D eigenvalue weighted by molar-refractivity contribution is -0.140. The third-order valence-electron chi connectivity index (χ3n) is 3.92. The van der Waals surface area contributed by atoms with Crippen molar-refractivity contribution in [2.75, 3.05) is 25.4 Å². The summed E-state index contributed by atoms with van der Waals surface area (Å²) in [6.45, 7) is 5.60. The Morgan fingerprint density at radius 3 is 2.59 bits per heavy atom. The zero-order chi connectivity index (χ0) is 16.9. The van der Waals surface area contributed by atoms with Crippen LogP contribution in [0.25, 0.3) is 0 Å². The molecule has 0 aromatic carbocycles. The smallest absolute Gasteiger partial charge is 0.233 e. The topological polar surface area (TPSA) is 104 Å². The SMILES string of the molecule is CCP(=O)(O)CCNC(=O)CCN1C(=O)CC(C(C)C)C1=O. The van der Waals surface area contributed by atoms with Crippen LogP contribution < -0.4 is 5.32 Å². The van der Waals surface area contributed by atoms with Gasteiger partial charge in [-0.25, -0.2) is 0 Å². The average Bonchev–Trinajstić information content (AvgIpc) is 2.72. The summed E-state index contributed by atoms with van der Waals surface area (Å²) in [6, 6.07) is 0. The lowest BCUT2D eigenvalue weighted by atomic mass is 9.94. The second kappa shape index (κ2) is 7.88. The molecule has 126 valence electrons. The second-order valence-electron chi connectivity index (χ2n) is 5.92. The zero-order valence-electron chi connectivity index (χ0n) is 13.4. The molecule has 0 bridgehead atoms. The molecule has 22 heavy (non-hydrogen) atoms. The number of likely N-dealkylation sites (tertiary alicyclic amines) is 1. The van der Waals surface area contributed by atoms with Crippen molar-refractivity contribution >= 4 is 25.1 Å². The summed E-state index contributed by atoms with van der Waals surface area (Å²) in [5.41, 5.74) is 0. The van der Waals surface area contributed by atoms with Crippen LogP contribution in [0.5, 0.6) is 0 Å². The molecule has 0 spiro atoms. The summed E-state index contributed by atoms with van der Waals surface area (Å²) < 4.78 is 11.4. The van der Waals surface area contributed by atoms with E-state index in [-0.39, 0.29) is 67.8 Å². The van der Waals surface area contributed by atoms with Gasteiger partial charge >= 0.3 is 0 Å². The van der Waals surface area contributed by atoms with Crippen LogP contribution in [0, 0.1) is 11.8 Å². The maximum Gasteiger partial charge on any atom is 0.233 e. The molecule has 3 amide bonds. The van der Waals surface area contributed by atoms with Crippen molar-refractivity contribution in [1.29, 1.82) is 0 Å². The highest BCUT2D eigenvalue weighted by Gasteiger charge is 2.39. The Morgan fingerprint density at radius 1 is 1.45 bits per heavy atom. The van der Waals surface area contributed by atoms with Crippen molar-refractivity contribution in [1.82, 2.24) is 10.2 Å². The summed E-state index contributed by atoms with van der Waals surface area (Å²) in [5, 5.41) is 2.54. The maximum atomic E-state index is 12.1. The molecule has 8 heteroatoms. The number of nitrogens with zero attached hydrogens (tertiary/aromatic N) is 1. The number of imide groups is 1. The van der Waals surface area contributed by atoms with Crippen LogP contribution in [0.4, 0.5) is 0 Å². The van der Waals surface area contributed by atoms with E-state index in [1.54, 1.807) is 6.92 Å². The Kier molecular flexibility index (Phi) is 6.75. The van der Waals surface area contributed by atoms with E-state index in [0.29, 0.717) is 0 Å². The van der Waals surface area contributed by atoms with Crippen molar-refractivity contribution in [3.8, 4) is 0 Å². The molecule has 1 aliphatic rings. The summed E-state index contributed by atoms with van der Waals surface area (Å²) >= 11 is 0. The molecule has 1 fully saturated rings. The number of rotatable bonds is 8. The number of hydrogen-bond donors (Lipinski definition) is 2. The van der Waals surface area contributed by atoms with Gasteiger partial charge in [0.2, 0.25) is 25.1 Å². The molecule has 2 atom stereocenters. The first-order valence-electron chi connectivity index (χ1n) is 7.59. The standard InChI is InChI=1S/C14H25N2O5P/c1-4-22(20,21)8-6-15-12(17)5-7-16-13(18)9-11(10(2)3)14(16)19/h10-11H,4-9H2,1-3H3,(H,15,17)(H,20,21). The second-order valence-corrected chi connectivity index (χ2v) is 8.70. The summed E-state index contributed by atoms with van der Waals surface area (Å²) in [6.07, 6.45) is 0.439. The zero-order valence-corrected chi connectivity index (χ0v) is 14.3. The highest BCUT2D eigenvalue weighted by molar-refractivity contribution is 7.57. The van der Waals surface area contributed by atoms with Gasteiger partial charge in [-0.05, 0) is 5.92 Å². The molecule has 1 heterocycles. The lowest BCUT2D eigenvalue weighted by Crippen LogP contribution is -2.36. The van der Waals surface area contributed by atoms with Crippen LogP contribution >= 0.6 is 7.37 Å². The van der Waals surface area contributed by atoms with Crippen LogP contribution in [-0.4, -0.2) is 52.9 Å². The van der Waals surface area contributed by atoms with E-state index in [4.69, 9.17) is 0 Å². The number of nitrogens with one attached hydrogen (secondary N) is 1. The fourth-order valence-electron chi connectivity index (χ4n) is 2.29. The highest BCUT2D eigenvalue weighted by Crippen LogP contribution is 2.38. The molecule has 1 aliphatic heterocycles. The van der Waals surface area contributed by atoms with E-state index in [1.165, 1.54) is 0 Å². The third kappa shape index (κ3) is 5.21. The highest BCUT2D eigenvalue weighted by atomic mass is 31.2. The first kappa shape index (κ1) is 18.8. The van der Waals surface area contributed by atoms with Gasteiger partial charge in [0, 0.05) is 44.2 Å². The van der Waals surface area contributed by atoms with Crippen molar-refractivity contribution in [2.24, 2.45) is 11.8 Å². The largest absolute Gasteiger partial charge is 0.355 e. The number of amides is 3. The number of hydrogen-bond acceptors (Lipinski definition) is 4. The van der Waals surface area contributed by atoms with Gasteiger partial charge in [-0.15, -0.1) is 0 Å². The van der Waals surface area contributed by atoms with Crippen molar-refractivity contribution in [2.45, 2.75) is 33.6 Å². The molecular formula is C14H25N2O5P. The van der Waals surface area contributed by atoms with Gasteiger partial charge < -0.3 is 10.2 Å². The predicted molar refractivity (Wildman–Crippen MR) is 82.5 cm³/mol. The Balaban J connectivity index is 2.37. The molecule has 0 radical (unpaired) electrons. The Hall–Kier alpha value is -1.20. The van der Waals surface area contributed by atoms with Crippen LogP contribution in [0.3, 0.4) is 0 Å². The van der Waals surface area contributed by atoms with E-state index in [1.807, 2.05) is 13.8 Å². The quantitative estimate of drug-likeness (QED) is 0.506. The fourth-order valence-corrected chi connectivity index (χ4v) is 3.07. The Morgan fingerprint density at radius 2 is 2.09 bits per heavy atom. The van der Waals surface area contributed by atoms with Crippen LogP contribution in [0.2, 0.25) is 0 Å². The third-order valence-corrected chi connectivity index (χ3v) is 5.83. The van der Waals surface area contributed by atoms with Gasteiger partial charge in [-0.2, -0.15) is 0 Å². The first-order chi connectivity index (χ1) is 10.2. The minimum Gasteiger partial charge on any atom is -0.355 e. The van der Waals surface area contributed by atoms with Gasteiger partial charge in [-0.3, -0.25) is 23.8 Å². The van der Waals surface area contributed by atoms with Gasteiger partial charge in [0.25, 0.3) is 0 Å². The predicted octanol–water partition coefficient (Wildman–Crippen LogP) is 0.814. The fraction of sp³-hybridized carbons (Fsp3) is 0.786. The summed E-state index contributed by atoms with van der Waals surface area (Å²) in [4.78, 5) is 46.1. The monoisotopic (exact) mass is 332 g/mol. The summed E-state index contributed by atoms with van der Waals surface area (Å²) in [7, 11) is -3.14. The molecular weight excluding hydrogens is 307 g/mol. The molecule has 0 aliphatic carbocycles. The molecule has 0 aromatic heterocycles. The van der Waals surface area contributed by atoms with E-state index in [0.717, 1.165) is 4.90 Å². The molecule has 1 saturated heterocycles. The number of carbonyl (C=O) groups excluding carboxylic acids is 3. The van der Waals surface area contributed by atoms with E-state index in [2.05, 4.69) is 5.32 Å². The van der Waals surface area contributed by atoms with Gasteiger partial charge in [0.05, 0.1) is 0 Å². The average molecular weight is 332 g/mol. The van der Waals surface area contributed by atoms with Crippen LogP contribution in [-0.2, 0) is 18.9 Å². The Labute approximate surface area is 130 Å². The number of carbonyl (C=O) groups is 3. The van der Waals surface area contributed by atoms with Crippen molar-refractivity contribution in [3.05, 3.63) is 0 Å². The van der Waals surface area contributed by atoms with Gasteiger partial charge in [0.15, 0.2) is 0 Å². The van der Waals surface area contributed by atoms with Crippen LogP contribution in [0.15, 0.2) is 0 Å². The molecule has 2 unspecified atom stereocenters. The molecule has 7 nitrogen and oxygen atoms in total. The first-order valence-corrected chi connectivity index (χ1v) is 9.62. The van der Waals surface area contributed by atoms with Crippen LogP contribution in [0.1, 0.15) is 33.6 Å². The van der Waals surface area contributed by atoms with Gasteiger partial charge in [0.1, 0.15) is 0 Å². The summed E-state index contributed by atoms with van der Waals surface area (Å²) in [5.74, 6) is -0.964. The lowest BCUT2D eigenvalue weighted by Gasteiger charge is -2.16. The van der Waals surface area contributed by atoms with E-state index < -0.39 is 7.37 Å². The maximum absolute atomic E-state index is 12.1. The molecule has 0 aromatic rings. The Bertz CT molecular complexity index is 492. The molecule has 0 saturated carbocycles. The van der Waals surface area contributed by atoms with E-state index in [9.17, 15) is 23.8 Å². The minimum atomic E-state index is -3.14. The molecule has 2 N–H and O–H groups in total. The van der Waals surface area contributed by atoms with E-state index >= 15 is 0 Å². The van der Waals surface area contributed by atoms with Crippen molar-refractivity contribution < 1.29 is 23.8 Å². The van der Waals surface area contributed by atoms with Gasteiger partial charge in [-0.1, -0.05) is 20.8 Å².